The van der Waals surface area contributed by atoms with Gasteiger partial charge < -0.3 is 9.84 Å². The van der Waals surface area contributed by atoms with E-state index in [-0.39, 0.29) is 0 Å². The Balaban J connectivity index is 3.39. The van der Waals surface area contributed by atoms with Gasteiger partial charge in [0.1, 0.15) is 0 Å². The normalized spacial score (nSPS) is 13.5. The van der Waals surface area contributed by atoms with E-state index in [4.69, 9.17) is 4.74 Å². The predicted octanol–water partition coefficient (Wildman–Crippen LogP) is 4.94. The molecular weight excluding hydrogens is 224 g/mol. The van der Waals surface area contributed by atoms with Crippen molar-refractivity contribution in [2.45, 2.75) is 77.9 Å². The predicted molar refractivity (Wildman–Crippen MR) is 78.3 cm³/mol. The first-order chi connectivity index (χ1) is 8.81. The first kappa shape index (κ1) is 17.2. The maximum Gasteiger partial charge on any atom is 0.216 e. The van der Waals surface area contributed by atoms with Gasteiger partial charge in [-0.2, -0.15) is 0 Å². The van der Waals surface area contributed by atoms with Crippen LogP contribution in [0.25, 0.3) is 0 Å². The molecule has 1 unspecified atom stereocenters. The summed E-state index contributed by atoms with van der Waals surface area (Å²) in [6.07, 6.45) is 17.3. The summed E-state index contributed by atoms with van der Waals surface area (Å²) in [6.45, 7) is 4.40. The Morgan fingerprint density at radius 2 is 1.50 bits per heavy atom. The van der Waals surface area contributed by atoms with Crippen LogP contribution in [0.4, 0.5) is 0 Å². The molecule has 0 radical (unpaired) electrons. The van der Waals surface area contributed by atoms with Crippen LogP contribution >= 0.6 is 0 Å². The molecule has 1 N–H and O–H groups in total. The molecule has 0 aromatic heterocycles. The number of unbranched alkanes of at least 4 members (excludes halogenated alkanes) is 7. The third-order valence-electron chi connectivity index (χ3n) is 2.81. The zero-order valence-electron chi connectivity index (χ0n) is 12.1. The molecule has 2 nitrogen and oxygen atoms in total. The molecule has 0 aliphatic rings. The first-order valence-corrected chi connectivity index (χ1v) is 7.46. The number of aliphatic hydroxyl groups is 1. The van der Waals surface area contributed by atoms with E-state index in [1.807, 2.05) is 12.2 Å². The van der Waals surface area contributed by atoms with Gasteiger partial charge >= 0.3 is 0 Å². The lowest BCUT2D eigenvalue weighted by molar-refractivity contribution is -0.0115. The number of aliphatic hydroxyl groups excluding tert-OH is 1. The monoisotopic (exact) mass is 254 g/mol. The SMILES string of the molecule is CCCCCC=CC(O)OC=CCCCCCC. The topological polar surface area (TPSA) is 29.5 Å². The van der Waals surface area contributed by atoms with Crippen molar-refractivity contribution in [2.24, 2.45) is 0 Å². The minimum Gasteiger partial charge on any atom is -0.469 e. The number of hydrogen-bond acceptors (Lipinski definition) is 2. The zero-order chi connectivity index (χ0) is 13.5. The summed E-state index contributed by atoms with van der Waals surface area (Å²) in [5.41, 5.74) is 0. The molecule has 1 atom stereocenters. The highest BCUT2D eigenvalue weighted by atomic mass is 16.6. The Morgan fingerprint density at radius 1 is 0.889 bits per heavy atom. The fourth-order valence-electron chi connectivity index (χ4n) is 1.66. The van der Waals surface area contributed by atoms with Crippen LogP contribution in [0.15, 0.2) is 24.5 Å². The number of rotatable bonds is 12. The maximum atomic E-state index is 9.49. The van der Waals surface area contributed by atoms with Gasteiger partial charge in [0.05, 0.1) is 6.26 Å². The molecule has 0 amide bonds. The highest BCUT2D eigenvalue weighted by molar-refractivity contribution is 4.86. The summed E-state index contributed by atoms with van der Waals surface area (Å²) < 4.78 is 5.14. The Labute approximate surface area is 113 Å². The van der Waals surface area contributed by atoms with Gasteiger partial charge in [0, 0.05) is 0 Å². The fraction of sp³-hybridized carbons (Fsp3) is 0.750. The largest absolute Gasteiger partial charge is 0.469 e. The van der Waals surface area contributed by atoms with Crippen molar-refractivity contribution in [3.63, 3.8) is 0 Å². The highest BCUT2D eigenvalue weighted by Crippen LogP contribution is 2.04. The maximum absolute atomic E-state index is 9.49. The molecule has 0 aromatic rings. The van der Waals surface area contributed by atoms with Crippen molar-refractivity contribution < 1.29 is 9.84 Å². The van der Waals surface area contributed by atoms with Gasteiger partial charge in [0.25, 0.3) is 0 Å². The molecule has 0 heterocycles. The first-order valence-electron chi connectivity index (χ1n) is 7.46. The Morgan fingerprint density at radius 3 is 2.22 bits per heavy atom. The molecule has 0 aliphatic carbocycles. The van der Waals surface area contributed by atoms with E-state index in [2.05, 4.69) is 13.8 Å². The molecule has 0 bridgehead atoms. The molecular formula is C16H30O2. The lowest BCUT2D eigenvalue weighted by Gasteiger charge is -2.04. The molecule has 0 saturated heterocycles. The lowest BCUT2D eigenvalue weighted by atomic mass is 10.1. The van der Waals surface area contributed by atoms with Crippen LogP contribution in [-0.2, 0) is 4.74 Å². The number of allylic oxidation sites excluding steroid dienone is 2. The highest BCUT2D eigenvalue weighted by Gasteiger charge is 1.93. The summed E-state index contributed by atoms with van der Waals surface area (Å²) in [5.74, 6) is 0. The van der Waals surface area contributed by atoms with Crippen molar-refractivity contribution in [1.82, 2.24) is 0 Å². The lowest BCUT2D eigenvalue weighted by Crippen LogP contribution is -2.02. The zero-order valence-corrected chi connectivity index (χ0v) is 12.1. The standard InChI is InChI=1S/C16H30O2/c1-3-5-7-9-11-13-15-18-16(17)14-12-10-8-6-4-2/h12-17H,3-11H2,1-2H3. The summed E-state index contributed by atoms with van der Waals surface area (Å²) in [6, 6.07) is 0. The van der Waals surface area contributed by atoms with Gasteiger partial charge in [-0.1, -0.05) is 52.0 Å². The van der Waals surface area contributed by atoms with Gasteiger partial charge in [-0.3, -0.25) is 0 Å². The van der Waals surface area contributed by atoms with E-state index in [9.17, 15) is 5.11 Å². The summed E-state index contributed by atoms with van der Waals surface area (Å²) in [5, 5.41) is 9.49. The number of ether oxygens (including phenoxy) is 1. The average molecular weight is 254 g/mol. The van der Waals surface area contributed by atoms with Gasteiger partial charge in [-0.05, 0) is 37.8 Å². The third-order valence-corrected chi connectivity index (χ3v) is 2.81. The molecule has 0 saturated carbocycles. The second-order valence-electron chi connectivity index (χ2n) is 4.67. The quantitative estimate of drug-likeness (QED) is 0.231. The average Bonchev–Trinajstić information content (AvgIpc) is 2.37. The van der Waals surface area contributed by atoms with E-state index in [0.717, 1.165) is 12.8 Å². The Kier molecular flexibility index (Phi) is 13.7. The molecule has 0 spiro atoms. The van der Waals surface area contributed by atoms with E-state index in [0.29, 0.717) is 0 Å². The molecule has 106 valence electrons. The van der Waals surface area contributed by atoms with Crippen molar-refractivity contribution in [3.8, 4) is 0 Å². The van der Waals surface area contributed by atoms with Crippen molar-refractivity contribution >= 4 is 0 Å². The van der Waals surface area contributed by atoms with E-state index in [1.54, 1.807) is 12.3 Å². The summed E-state index contributed by atoms with van der Waals surface area (Å²) in [4.78, 5) is 0. The van der Waals surface area contributed by atoms with Crippen LogP contribution in [0.1, 0.15) is 71.6 Å². The number of hydrogen-bond donors (Lipinski definition) is 1. The van der Waals surface area contributed by atoms with E-state index < -0.39 is 6.29 Å². The third kappa shape index (κ3) is 13.3. The van der Waals surface area contributed by atoms with E-state index >= 15 is 0 Å². The minimum absolute atomic E-state index is 0.793. The molecule has 0 aliphatic heterocycles. The van der Waals surface area contributed by atoms with Crippen LogP contribution in [0.2, 0.25) is 0 Å². The Bertz CT molecular complexity index is 209. The van der Waals surface area contributed by atoms with Crippen molar-refractivity contribution in [2.75, 3.05) is 0 Å². The molecule has 0 rings (SSSR count). The Hall–Kier alpha value is -0.760. The minimum atomic E-state index is -0.793. The van der Waals surface area contributed by atoms with Gasteiger partial charge in [-0.15, -0.1) is 0 Å². The second kappa shape index (κ2) is 14.3. The molecule has 2 heteroatoms. The van der Waals surface area contributed by atoms with E-state index in [1.165, 1.54) is 44.9 Å². The smallest absolute Gasteiger partial charge is 0.216 e. The van der Waals surface area contributed by atoms with Crippen LogP contribution < -0.4 is 0 Å². The second-order valence-corrected chi connectivity index (χ2v) is 4.67. The molecule has 0 aromatic carbocycles. The van der Waals surface area contributed by atoms with Gasteiger partial charge in [0.15, 0.2) is 0 Å². The molecule has 18 heavy (non-hydrogen) atoms. The van der Waals surface area contributed by atoms with Crippen molar-refractivity contribution in [1.29, 1.82) is 0 Å². The van der Waals surface area contributed by atoms with Gasteiger partial charge in [0.2, 0.25) is 6.29 Å². The summed E-state index contributed by atoms with van der Waals surface area (Å²) in [7, 11) is 0. The molecule has 0 fully saturated rings. The van der Waals surface area contributed by atoms with Crippen LogP contribution in [0.3, 0.4) is 0 Å². The van der Waals surface area contributed by atoms with Crippen LogP contribution in [0, 0.1) is 0 Å². The van der Waals surface area contributed by atoms with Gasteiger partial charge in [-0.25, -0.2) is 0 Å². The van der Waals surface area contributed by atoms with Crippen molar-refractivity contribution in [3.05, 3.63) is 24.5 Å². The fourth-order valence-corrected chi connectivity index (χ4v) is 1.66. The summed E-state index contributed by atoms with van der Waals surface area (Å²) >= 11 is 0. The van der Waals surface area contributed by atoms with Crippen LogP contribution in [0.5, 0.6) is 0 Å². The van der Waals surface area contributed by atoms with Crippen LogP contribution in [-0.4, -0.2) is 11.4 Å².